The molecule has 0 saturated carbocycles. The molecule has 2 aliphatic heterocycles. The number of piperazine rings is 1. The predicted octanol–water partition coefficient (Wildman–Crippen LogP) is 1.68. The first-order valence-corrected chi connectivity index (χ1v) is 11.1. The number of furan rings is 1. The van der Waals surface area contributed by atoms with Gasteiger partial charge in [0.15, 0.2) is 5.76 Å². The van der Waals surface area contributed by atoms with Crippen LogP contribution in [0.1, 0.15) is 23.1 Å². The molecule has 8 nitrogen and oxygen atoms in total. The van der Waals surface area contributed by atoms with Crippen molar-refractivity contribution in [3.8, 4) is 17.5 Å². The predicted molar refractivity (Wildman–Crippen MR) is 115 cm³/mol. The lowest BCUT2D eigenvalue weighted by molar-refractivity contribution is -0.136. The standard InChI is InChI=1S/C23H27N5O3/c24-15-19-17-3-1-4-18(17)22(20-5-2-12-31-20)25-23(19)28-8-6-26(7-9-28)16-21(29)27-10-13-30-14-11-27/h2,5,12H,1,3-4,6-11,13-14,16H2. The Labute approximate surface area is 182 Å². The maximum Gasteiger partial charge on any atom is 0.236 e. The van der Waals surface area contributed by atoms with E-state index in [2.05, 4.69) is 15.9 Å². The van der Waals surface area contributed by atoms with Gasteiger partial charge in [-0.2, -0.15) is 5.26 Å². The Kier molecular flexibility index (Phi) is 5.62. The monoisotopic (exact) mass is 421 g/mol. The molecule has 2 aromatic heterocycles. The van der Waals surface area contributed by atoms with E-state index in [1.54, 1.807) is 6.26 Å². The van der Waals surface area contributed by atoms with Crippen LogP contribution in [0.3, 0.4) is 0 Å². The Balaban J connectivity index is 1.33. The first kappa shape index (κ1) is 20.0. The number of fused-ring (bicyclic) bond motifs is 1. The molecule has 162 valence electrons. The van der Waals surface area contributed by atoms with Gasteiger partial charge in [-0.15, -0.1) is 0 Å². The molecule has 4 heterocycles. The lowest BCUT2D eigenvalue weighted by Crippen LogP contribution is -2.52. The Hall–Kier alpha value is -2.89. The maximum atomic E-state index is 12.6. The molecule has 1 aliphatic carbocycles. The average molecular weight is 422 g/mol. The van der Waals surface area contributed by atoms with Crippen molar-refractivity contribution in [2.45, 2.75) is 19.3 Å². The van der Waals surface area contributed by atoms with Gasteiger partial charge in [0.05, 0.1) is 31.6 Å². The van der Waals surface area contributed by atoms with Crippen LogP contribution in [0.5, 0.6) is 0 Å². The second-order valence-electron chi connectivity index (χ2n) is 8.32. The summed E-state index contributed by atoms with van der Waals surface area (Å²) in [5.41, 5.74) is 3.87. The summed E-state index contributed by atoms with van der Waals surface area (Å²) in [6.07, 6.45) is 4.56. The highest BCUT2D eigenvalue weighted by atomic mass is 16.5. The summed E-state index contributed by atoms with van der Waals surface area (Å²) in [6.45, 7) is 6.08. The quantitative estimate of drug-likeness (QED) is 0.742. The maximum absolute atomic E-state index is 12.6. The fraction of sp³-hybridized carbons (Fsp3) is 0.522. The van der Waals surface area contributed by atoms with Crippen molar-refractivity contribution in [2.24, 2.45) is 0 Å². The summed E-state index contributed by atoms with van der Waals surface area (Å²) in [5.74, 6) is 1.69. The average Bonchev–Trinajstić information content (AvgIpc) is 3.52. The number of carbonyl (C=O) groups excluding carboxylic acids is 1. The summed E-state index contributed by atoms with van der Waals surface area (Å²) in [4.78, 5) is 23.8. The summed E-state index contributed by atoms with van der Waals surface area (Å²) in [5, 5.41) is 9.94. The van der Waals surface area contributed by atoms with Crippen LogP contribution in [0.4, 0.5) is 5.82 Å². The van der Waals surface area contributed by atoms with Crippen molar-refractivity contribution in [3.05, 3.63) is 35.1 Å². The molecule has 0 unspecified atom stereocenters. The molecule has 2 fully saturated rings. The molecule has 8 heteroatoms. The molecule has 0 radical (unpaired) electrons. The first-order valence-electron chi connectivity index (χ1n) is 11.1. The second-order valence-corrected chi connectivity index (χ2v) is 8.32. The number of morpholine rings is 1. The second kappa shape index (κ2) is 8.69. The molecule has 0 atom stereocenters. The van der Waals surface area contributed by atoms with Crippen LogP contribution in [0.25, 0.3) is 11.5 Å². The van der Waals surface area contributed by atoms with Crippen LogP contribution in [-0.2, 0) is 22.4 Å². The van der Waals surface area contributed by atoms with Gasteiger partial charge in [0, 0.05) is 39.3 Å². The topological polar surface area (TPSA) is 85.8 Å². The molecule has 3 aliphatic rings. The third-order valence-corrected chi connectivity index (χ3v) is 6.51. The number of anilines is 1. The highest BCUT2D eigenvalue weighted by Crippen LogP contribution is 2.37. The smallest absolute Gasteiger partial charge is 0.236 e. The van der Waals surface area contributed by atoms with E-state index in [9.17, 15) is 10.1 Å². The van der Waals surface area contributed by atoms with E-state index in [0.717, 1.165) is 73.8 Å². The third kappa shape index (κ3) is 3.91. The van der Waals surface area contributed by atoms with Crippen LogP contribution in [0, 0.1) is 11.3 Å². The number of nitrogens with zero attached hydrogens (tertiary/aromatic N) is 5. The van der Waals surface area contributed by atoms with Gasteiger partial charge in [-0.3, -0.25) is 9.69 Å². The summed E-state index contributed by atoms with van der Waals surface area (Å²) in [6, 6.07) is 6.24. The van der Waals surface area contributed by atoms with Crippen molar-refractivity contribution in [1.29, 1.82) is 5.26 Å². The van der Waals surface area contributed by atoms with Crippen molar-refractivity contribution in [2.75, 3.05) is 63.9 Å². The number of carbonyl (C=O) groups is 1. The molecule has 1 amide bonds. The summed E-state index contributed by atoms with van der Waals surface area (Å²) < 4.78 is 11.0. The van der Waals surface area contributed by atoms with Crippen molar-refractivity contribution in [1.82, 2.24) is 14.8 Å². The van der Waals surface area contributed by atoms with E-state index in [1.807, 2.05) is 17.0 Å². The van der Waals surface area contributed by atoms with Gasteiger partial charge in [-0.05, 0) is 42.5 Å². The van der Waals surface area contributed by atoms with Crippen molar-refractivity contribution in [3.63, 3.8) is 0 Å². The van der Waals surface area contributed by atoms with Gasteiger partial charge in [-0.1, -0.05) is 0 Å². The molecule has 0 bridgehead atoms. The number of pyridine rings is 1. The minimum absolute atomic E-state index is 0.172. The number of nitriles is 1. The SMILES string of the molecule is N#Cc1c(N2CCN(CC(=O)N3CCOCC3)CC2)nc(-c2ccco2)c2c1CCC2. The van der Waals surface area contributed by atoms with Gasteiger partial charge >= 0.3 is 0 Å². The van der Waals surface area contributed by atoms with E-state index in [1.165, 1.54) is 0 Å². The molecule has 0 aromatic carbocycles. The zero-order valence-electron chi connectivity index (χ0n) is 17.7. The molecule has 5 rings (SSSR count). The van der Waals surface area contributed by atoms with E-state index in [0.29, 0.717) is 38.4 Å². The van der Waals surface area contributed by atoms with Crippen LogP contribution in [-0.4, -0.2) is 79.7 Å². The van der Waals surface area contributed by atoms with Gasteiger partial charge < -0.3 is 19.0 Å². The summed E-state index contributed by atoms with van der Waals surface area (Å²) >= 11 is 0. The zero-order valence-corrected chi connectivity index (χ0v) is 17.7. The van der Waals surface area contributed by atoms with Crippen LogP contribution < -0.4 is 4.90 Å². The largest absolute Gasteiger partial charge is 0.463 e. The van der Waals surface area contributed by atoms with Crippen LogP contribution >= 0.6 is 0 Å². The highest BCUT2D eigenvalue weighted by molar-refractivity contribution is 5.78. The van der Waals surface area contributed by atoms with Gasteiger partial charge in [-0.25, -0.2) is 4.98 Å². The Morgan fingerprint density at radius 2 is 1.87 bits per heavy atom. The van der Waals surface area contributed by atoms with Gasteiger partial charge in [0.25, 0.3) is 0 Å². The highest BCUT2D eigenvalue weighted by Gasteiger charge is 2.29. The molecular formula is C23H27N5O3. The summed E-state index contributed by atoms with van der Waals surface area (Å²) in [7, 11) is 0. The van der Waals surface area contributed by atoms with E-state index >= 15 is 0 Å². The first-order chi connectivity index (χ1) is 15.2. The van der Waals surface area contributed by atoms with Gasteiger partial charge in [0.2, 0.25) is 5.91 Å². The minimum atomic E-state index is 0.172. The Morgan fingerprint density at radius 1 is 1.10 bits per heavy atom. The van der Waals surface area contributed by atoms with E-state index in [4.69, 9.17) is 14.1 Å². The van der Waals surface area contributed by atoms with Crippen molar-refractivity contribution < 1.29 is 13.9 Å². The lowest BCUT2D eigenvalue weighted by atomic mass is 10.0. The van der Waals surface area contributed by atoms with E-state index < -0.39 is 0 Å². The van der Waals surface area contributed by atoms with Crippen LogP contribution in [0.2, 0.25) is 0 Å². The van der Waals surface area contributed by atoms with Crippen molar-refractivity contribution >= 4 is 11.7 Å². The number of amides is 1. The molecule has 31 heavy (non-hydrogen) atoms. The molecule has 2 aromatic rings. The Morgan fingerprint density at radius 3 is 2.58 bits per heavy atom. The zero-order chi connectivity index (χ0) is 21.2. The number of hydrogen-bond donors (Lipinski definition) is 0. The number of aromatic nitrogens is 1. The van der Waals surface area contributed by atoms with E-state index in [-0.39, 0.29) is 5.91 Å². The molecule has 2 saturated heterocycles. The fourth-order valence-electron chi connectivity index (χ4n) is 4.83. The fourth-order valence-corrected chi connectivity index (χ4v) is 4.83. The number of rotatable bonds is 4. The normalized spacial score (nSPS) is 19.3. The molecular weight excluding hydrogens is 394 g/mol. The lowest BCUT2D eigenvalue weighted by Gasteiger charge is -2.37. The Bertz CT molecular complexity index is 984. The number of hydrogen-bond acceptors (Lipinski definition) is 7. The van der Waals surface area contributed by atoms with Gasteiger partial charge in [0.1, 0.15) is 17.6 Å². The molecule has 0 N–H and O–H groups in total. The third-order valence-electron chi connectivity index (χ3n) is 6.51. The van der Waals surface area contributed by atoms with Crippen LogP contribution in [0.15, 0.2) is 22.8 Å². The minimum Gasteiger partial charge on any atom is -0.463 e. The molecule has 0 spiro atoms. The number of ether oxygens (including phenoxy) is 1.